The average Bonchev–Trinajstić information content (AvgIpc) is 2.75. The van der Waals surface area contributed by atoms with Crippen molar-refractivity contribution in [1.29, 1.82) is 0 Å². The predicted octanol–water partition coefficient (Wildman–Crippen LogP) is 2.90. The molecule has 0 saturated heterocycles. The van der Waals surface area contributed by atoms with Crippen molar-refractivity contribution in [3.05, 3.63) is 45.3 Å². The number of anilines is 2. The van der Waals surface area contributed by atoms with Gasteiger partial charge in [0.05, 0.1) is 16.1 Å². The van der Waals surface area contributed by atoms with Gasteiger partial charge in [-0.05, 0) is 17.7 Å². The molecule has 5 nitrogen and oxygen atoms in total. The maximum absolute atomic E-state index is 11.5. The molecule has 0 radical (unpaired) electrons. The summed E-state index contributed by atoms with van der Waals surface area (Å²) in [5.41, 5.74) is 12.4. The first-order chi connectivity index (χ1) is 9.90. The number of primary amides is 1. The third kappa shape index (κ3) is 3.34. The molecule has 0 unspecified atom stereocenters. The summed E-state index contributed by atoms with van der Waals surface area (Å²) in [6, 6.07) is 7.28. The number of benzene rings is 1. The van der Waals surface area contributed by atoms with E-state index >= 15 is 0 Å². The number of amides is 1. The summed E-state index contributed by atoms with van der Waals surface area (Å²) >= 11 is 6.95. The number of halogens is 1. The van der Waals surface area contributed by atoms with E-state index in [1.807, 2.05) is 12.1 Å². The van der Waals surface area contributed by atoms with Gasteiger partial charge in [0.25, 0.3) is 5.91 Å². The molecule has 0 bridgehead atoms. The maximum Gasteiger partial charge on any atom is 0.253 e. The molecule has 0 fully saturated rings. The van der Waals surface area contributed by atoms with Crippen LogP contribution in [0.2, 0.25) is 5.02 Å². The van der Waals surface area contributed by atoms with Crippen molar-refractivity contribution in [3.63, 3.8) is 0 Å². The number of nitrogens with one attached hydrogen (secondary N) is 1. The van der Waals surface area contributed by atoms with E-state index in [0.29, 0.717) is 21.4 Å². The minimum atomic E-state index is -0.658. The van der Waals surface area contributed by atoms with E-state index in [4.69, 9.17) is 23.1 Å². The van der Waals surface area contributed by atoms with Crippen molar-refractivity contribution in [2.24, 2.45) is 5.73 Å². The Hall–Kier alpha value is -2.05. The minimum Gasteiger partial charge on any atom is -0.397 e. The van der Waals surface area contributed by atoms with Crippen molar-refractivity contribution in [3.8, 4) is 0 Å². The van der Waals surface area contributed by atoms with Crippen LogP contribution in [0.15, 0.2) is 24.3 Å². The minimum absolute atomic E-state index is 0.138. The third-order valence-corrected chi connectivity index (χ3v) is 4.39. The summed E-state index contributed by atoms with van der Waals surface area (Å²) in [7, 11) is 0. The van der Waals surface area contributed by atoms with Crippen LogP contribution in [-0.4, -0.2) is 11.7 Å². The molecule has 110 valence electrons. The lowest BCUT2D eigenvalue weighted by molar-refractivity contribution is 0.100. The van der Waals surface area contributed by atoms with Crippen LogP contribution in [0.3, 0.4) is 0 Å². The molecule has 7 heteroatoms. The van der Waals surface area contributed by atoms with Gasteiger partial charge in [-0.3, -0.25) is 9.59 Å². The Balaban J connectivity index is 2.27. The summed E-state index contributed by atoms with van der Waals surface area (Å²) in [5, 5.41) is 4.24. The highest BCUT2D eigenvalue weighted by Crippen LogP contribution is 2.36. The van der Waals surface area contributed by atoms with Crippen LogP contribution < -0.4 is 16.8 Å². The quantitative estimate of drug-likeness (QED) is 0.737. The molecule has 1 amide bonds. The van der Waals surface area contributed by atoms with Crippen LogP contribution in [0.25, 0.3) is 0 Å². The topological polar surface area (TPSA) is 98.2 Å². The molecule has 5 N–H and O–H groups in total. The SMILES string of the molecule is CC(=O)c1sc(NCc2ccc(Cl)cc2)c(C(N)=O)c1N. The van der Waals surface area contributed by atoms with Gasteiger partial charge in [-0.25, -0.2) is 0 Å². The predicted molar refractivity (Wildman–Crippen MR) is 86.0 cm³/mol. The van der Waals surface area contributed by atoms with E-state index in [0.717, 1.165) is 16.9 Å². The number of rotatable bonds is 5. The highest BCUT2D eigenvalue weighted by molar-refractivity contribution is 7.19. The van der Waals surface area contributed by atoms with E-state index in [1.165, 1.54) is 6.92 Å². The first-order valence-electron chi connectivity index (χ1n) is 6.11. The first-order valence-corrected chi connectivity index (χ1v) is 7.31. The average molecular weight is 324 g/mol. The molecule has 1 heterocycles. The van der Waals surface area contributed by atoms with Gasteiger partial charge >= 0.3 is 0 Å². The number of carbonyl (C=O) groups is 2. The molecule has 2 aromatic rings. The van der Waals surface area contributed by atoms with Crippen LogP contribution in [0.1, 0.15) is 32.5 Å². The number of hydrogen-bond donors (Lipinski definition) is 3. The van der Waals surface area contributed by atoms with Gasteiger partial charge in [0.2, 0.25) is 0 Å². The van der Waals surface area contributed by atoms with Crippen molar-refractivity contribution in [1.82, 2.24) is 0 Å². The lowest BCUT2D eigenvalue weighted by atomic mass is 10.2. The number of carbonyl (C=O) groups excluding carboxylic acids is 2. The molecule has 1 aromatic heterocycles. The Morgan fingerprint density at radius 2 is 1.90 bits per heavy atom. The largest absolute Gasteiger partial charge is 0.397 e. The highest BCUT2D eigenvalue weighted by Gasteiger charge is 2.22. The normalized spacial score (nSPS) is 10.4. The summed E-state index contributed by atoms with van der Waals surface area (Å²) < 4.78 is 0. The molecule has 0 aliphatic rings. The number of Topliss-reactive ketones (excluding diaryl/α,β-unsaturated/α-hetero) is 1. The fraction of sp³-hybridized carbons (Fsp3) is 0.143. The van der Waals surface area contributed by atoms with Crippen molar-refractivity contribution in [2.75, 3.05) is 11.1 Å². The number of thiophene rings is 1. The van der Waals surface area contributed by atoms with Crippen LogP contribution in [0, 0.1) is 0 Å². The van der Waals surface area contributed by atoms with E-state index in [9.17, 15) is 9.59 Å². The standard InChI is InChI=1S/C14H14ClN3O2S/c1-7(19)12-11(16)10(13(17)20)14(21-12)18-6-8-2-4-9(15)5-3-8/h2-5,18H,6,16H2,1H3,(H2,17,20). The Morgan fingerprint density at radius 1 is 1.29 bits per heavy atom. The second-order valence-corrected chi connectivity index (χ2v) is 5.91. The van der Waals surface area contributed by atoms with Crippen LogP contribution in [0.4, 0.5) is 10.7 Å². The fourth-order valence-electron chi connectivity index (χ4n) is 1.86. The Kier molecular flexibility index (Phi) is 4.50. The molecule has 2 rings (SSSR count). The van der Waals surface area contributed by atoms with Crippen molar-refractivity contribution < 1.29 is 9.59 Å². The van der Waals surface area contributed by atoms with E-state index in [1.54, 1.807) is 12.1 Å². The number of nitrogen functional groups attached to an aromatic ring is 1. The number of ketones is 1. The van der Waals surface area contributed by atoms with Gasteiger partial charge in [-0.2, -0.15) is 0 Å². The monoisotopic (exact) mass is 323 g/mol. The summed E-state index contributed by atoms with van der Waals surface area (Å²) in [5.74, 6) is -0.852. The number of hydrogen-bond acceptors (Lipinski definition) is 5. The molecular formula is C14H14ClN3O2S. The zero-order valence-corrected chi connectivity index (χ0v) is 12.8. The Bertz CT molecular complexity index is 695. The van der Waals surface area contributed by atoms with Crippen LogP contribution in [0.5, 0.6) is 0 Å². The van der Waals surface area contributed by atoms with E-state index in [2.05, 4.69) is 5.32 Å². The van der Waals surface area contributed by atoms with E-state index in [-0.39, 0.29) is 17.0 Å². The maximum atomic E-state index is 11.5. The van der Waals surface area contributed by atoms with Crippen molar-refractivity contribution >= 4 is 45.3 Å². The first kappa shape index (κ1) is 15.3. The molecule has 0 aliphatic carbocycles. The Labute approximate surface area is 130 Å². The molecule has 21 heavy (non-hydrogen) atoms. The molecule has 0 aliphatic heterocycles. The lowest BCUT2D eigenvalue weighted by Gasteiger charge is -2.06. The van der Waals surface area contributed by atoms with Gasteiger partial charge in [0, 0.05) is 18.5 Å². The molecule has 1 aromatic carbocycles. The van der Waals surface area contributed by atoms with Gasteiger partial charge < -0.3 is 16.8 Å². The second-order valence-electron chi connectivity index (χ2n) is 4.45. The second kappa shape index (κ2) is 6.15. The highest BCUT2D eigenvalue weighted by atomic mass is 35.5. The lowest BCUT2D eigenvalue weighted by Crippen LogP contribution is -2.15. The summed E-state index contributed by atoms with van der Waals surface area (Å²) in [4.78, 5) is 23.4. The van der Waals surface area contributed by atoms with Crippen molar-refractivity contribution in [2.45, 2.75) is 13.5 Å². The fourth-order valence-corrected chi connectivity index (χ4v) is 3.00. The molecule has 0 saturated carbocycles. The van der Waals surface area contributed by atoms with Crippen LogP contribution in [-0.2, 0) is 6.54 Å². The molecule has 0 spiro atoms. The summed E-state index contributed by atoms with van der Waals surface area (Å²) in [6.07, 6.45) is 0. The zero-order valence-electron chi connectivity index (χ0n) is 11.3. The number of nitrogens with two attached hydrogens (primary N) is 2. The van der Waals surface area contributed by atoms with Gasteiger partial charge in [0.15, 0.2) is 5.78 Å². The Morgan fingerprint density at radius 3 is 2.43 bits per heavy atom. The zero-order chi connectivity index (χ0) is 15.6. The van der Waals surface area contributed by atoms with Gasteiger partial charge in [-0.15, -0.1) is 11.3 Å². The van der Waals surface area contributed by atoms with Crippen LogP contribution >= 0.6 is 22.9 Å². The van der Waals surface area contributed by atoms with E-state index < -0.39 is 5.91 Å². The van der Waals surface area contributed by atoms with Gasteiger partial charge in [0.1, 0.15) is 5.00 Å². The summed E-state index contributed by atoms with van der Waals surface area (Å²) in [6.45, 7) is 1.87. The third-order valence-electron chi connectivity index (χ3n) is 2.88. The molecular weight excluding hydrogens is 310 g/mol. The smallest absolute Gasteiger partial charge is 0.253 e. The molecule has 0 atom stereocenters. The van der Waals surface area contributed by atoms with Gasteiger partial charge in [-0.1, -0.05) is 23.7 Å².